The predicted molar refractivity (Wildman–Crippen MR) is 107 cm³/mol. The molecule has 3 rings (SSSR count). The van der Waals surface area contributed by atoms with Gasteiger partial charge in [0.15, 0.2) is 0 Å². The van der Waals surface area contributed by atoms with E-state index in [1.807, 2.05) is 6.92 Å². The van der Waals surface area contributed by atoms with Gasteiger partial charge in [-0.1, -0.05) is 5.57 Å². The number of piperidine rings is 2. The van der Waals surface area contributed by atoms with Crippen LogP contribution in [0.3, 0.4) is 0 Å². The lowest BCUT2D eigenvalue weighted by Crippen LogP contribution is -2.59. The molecule has 3 aliphatic rings. The van der Waals surface area contributed by atoms with Crippen molar-refractivity contribution in [2.75, 3.05) is 13.1 Å². The zero-order valence-corrected chi connectivity index (χ0v) is 17.6. The Morgan fingerprint density at radius 3 is 2.72 bits per heavy atom. The van der Waals surface area contributed by atoms with Gasteiger partial charge in [0.25, 0.3) is 0 Å². The smallest absolute Gasteiger partial charge is 0.248 e. The van der Waals surface area contributed by atoms with E-state index in [0.29, 0.717) is 12.1 Å². The molecule has 0 aromatic rings. The van der Waals surface area contributed by atoms with Gasteiger partial charge in [-0.2, -0.15) is 5.26 Å². The van der Waals surface area contributed by atoms with E-state index < -0.39 is 24.2 Å². The Bertz CT molecular complexity index is 733. The fourth-order valence-electron chi connectivity index (χ4n) is 5.17. The van der Waals surface area contributed by atoms with Gasteiger partial charge in [-0.3, -0.25) is 9.59 Å². The number of amides is 2. The SMILES string of the molecule is CC1=C([C@H](C)C(=O)N[C@H](C)C2NCC(C#N)CC2F)C(=O)NC2CCNC(C)C12. The average molecular weight is 406 g/mol. The van der Waals surface area contributed by atoms with Gasteiger partial charge in [0, 0.05) is 36.2 Å². The number of alkyl halides is 1. The van der Waals surface area contributed by atoms with E-state index in [0.717, 1.165) is 18.5 Å². The third kappa shape index (κ3) is 4.31. The Morgan fingerprint density at radius 1 is 1.34 bits per heavy atom. The van der Waals surface area contributed by atoms with Crippen LogP contribution in [0.4, 0.5) is 4.39 Å². The van der Waals surface area contributed by atoms with Crippen LogP contribution < -0.4 is 21.3 Å². The summed E-state index contributed by atoms with van der Waals surface area (Å²) in [5.41, 5.74) is 1.48. The van der Waals surface area contributed by atoms with E-state index in [1.165, 1.54) is 0 Å². The molecular weight excluding hydrogens is 373 g/mol. The van der Waals surface area contributed by atoms with Crippen LogP contribution in [0.2, 0.25) is 0 Å². The first-order valence-corrected chi connectivity index (χ1v) is 10.6. The Balaban J connectivity index is 1.70. The van der Waals surface area contributed by atoms with Crippen molar-refractivity contribution in [2.45, 2.75) is 70.9 Å². The molecule has 6 unspecified atom stereocenters. The molecule has 29 heavy (non-hydrogen) atoms. The Hall–Kier alpha value is -1.98. The topological polar surface area (TPSA) is 106 Å². The maximum Gasteiger partial charge on any atom is 0.248 e. The molecule has 0 aliphatic carbocycles. The first kappa shape index (κ1) is 21.7. The second-order valence-corrected chi connectivity index (χ2v) is 8.76. The van der Waals surface area contributed by atoms with E-state index >= 15 is 0 Å². The number of nitrogens with zero attached hydrogens (tertiary/aromatic N) is 1. The summed E-state index contributed by atoms with van der Waals surface area (Å²) < 4.78 is 14.4. The first-order chi connectivity index (χ1) is 13.7. The van der Waals surface area contributed by atoms with Crippen LogP contribution in [0.15, 0.2) is 11.1 Å². The largest absolute Gasteiger partial charge is 0.351 e. The van der Waals surface area contributed by atoms with Gasteiger partial charge in [-0.15, -0.1) is 0 Å². The van der Waals surface area contributed by atoms with Crippen molar-refractivity contribution in [3.8, 4) is 6.07 Å². The quantitative estimate of drug-likeness (QED) is 0.553. The minimum absolute atomic E-state index is 0.100. The van der Waals surface area contributed by atoms with Crippen molar-refractivity contribution in [3.63, 3.8) is 0 Å². The number of nitrogens with one attached hydrogen (secondary N) is 4. The highest BCUT2D eigenvalue weighted by atomic mass is 19.1. The summed E-state index contributed by atoms with van der Waals surface area (Å²) in [6, 6.07) is 1.42. The number of nitriles is 1. The van der Waals surface area contributed by atoms with Gasteiger partial charge >= 0.3 is 0 Å². The molecule has 4 N–H and O–H groups in total. The summed E-state index contributed by atoms with van der Waals surface area (Å²) in [6.07, 6.45) is -0.157. The number of hydrogen-bond acceptors (Lipinski definition) is 5. The molecule has 0 spiro atoms. The maximum absolute atomic E-state index is 14.4. The second kappa shape index (κ2) is 8.80. The van der Waals surface area contributed by atoms with Crippen LogP contribution in [0.25, 0.3) is 0 Å². The molecule has 0 saturated carbocycles. The van der Waals surface area contributed by atoms with Crippen molar-refractivity contribution in [1.82, 2.24) is 21.3 Å². The average Bonchev–Trinajstić information content (AvgIpc) is 2.67. The lowest BCUT2D eigenvalue weighted by atomic mass is 9.75. The van der Waals surface area contributed by atoms with Crippen LogP contribution in [0, 0.1) is 29.1 Å². The first-order valence-electron chi connectivity index (χ1n) is 10.6. The van der Waals surface area contributed by atoms with E-state index in [2.05, 4.69) is 34.3 Å². The zero-order chi connectivity index (χ0) is 21.3. The van der Waals surface area contributed by atoms with E-state index in [9.17, 15) is 14.0 Å². The summed E-state index contributed by atoms with van der Waals surface area (Å²) >= 11 is 0. The van der Waals surface area contributed by atoms with Gasteiger partial charge in [0.05, 0.1) is 23.9 Å². The van der Waals surface area contributed by atoms with Crippen LogP contribution in [0.1, 0.15) is 40.5 Å². The van der Waals surface area contributed by atoms with Gasteiger partial charge in [0.1, 0.15) is 6.17 Å². The molecular formula is C21H32FN5O2. The predicted octanol–water partition coefficient (Wildman–Crippen LogP) is 0.780. The molecule has 0 aromatic heterocycles. The Kier molecular flexibility index (Phi) is 6.59. The molecule has 0 radical (unpaired) electrons. The minimum Gasteiger partial charge on any atom is -0.351 e. The highest BCUT2D eigenvalue weighted by molar-refractivity contribution is 6.01. The van der Waals surface area contributed by atoms with Crippen molar-refractivity contribution in [3.05, 3.63) is 11.1 Å². The van der Waals surface area contributed by atoms with Crippen LogP contribution in [0.5, 0.6) is 0 Å². The van der Waals surface area contributed by atoms with E-state index in [-0.39, 0.29) is 42.2 Å². The zero-order valence-electron chi connectivity index (χ0n) is 17.6. The van der Waals surface area contributed by atoms with Gasteiger partial charge in [-0.25, -0.2) is 4.39 Å². The van der Waals surface area contributed by atoms with E-state index in [4.69, 9.17) is 5.26 Å². The second-order valence-electron chi connectivity index (χ2n) is 8.76. The van der Waals surface area contributed by atoms with Crippen molar-refractivity contribution >= 4 is 11.8 Å². The summed E-state index contributed by atoms with van der Waals surface area (Å²) in [6.45, 7) is 8.82. The van der Waals surface area contributed by atoms with Gasteiger partial charge < -0.3 is 21.3 Å². The number of halogens is 1. The third-order valence-electron chi connectivity index (χ3n) is 6.80. The number of rotatable bonds is 4. The van der Waals surface area contributed by atoms with E-state index in [1.54, 1.807) is 13.8 Å². The number of hydrogen-bond donors (Lipinski definition) is 4. The van der Waals surface area contributed by atoms with Crippen molar-refractivity contribution < 1.29 is 14.0 Å². The molecule has 2 saturated heterocycles. The summed E-state index contributed by atoms with van der Waals surface area (Å²) in [4.78, 5) is 25.7. The molecule has 3 aliphatic heterocycles. The summed E-state index contributed by atoms with van der Waals surface area (Å²) in [5.74, 6) is -1.26. The molecule has 2 fully saturated rings. The van der Waals surface area contributed by atoms with Crippen molar-refractivity contribution in [2.24, 2.45) is 17.8 Å². The molecule has 160 valence electrons. The van der Waals surface area contributed by atoms with Crippen LogP contribution >= 0.6 is 0 Å². The Morgan fingerprint density at radius 2 is 2.07 bits per heavy atom. The molecule has 8 atom stereocenters. The highest BCUT2D eigenvalue weighted by Gasteiger charge is 2.42. The number of carbonyl (C=O) groups excluding carboxylic acids is 2. The molecule has 3 heterocycles. The standard InChI is InChI=1S/C21H32FN5O2/c1-10-17(21(29)27-16-5-6-24-12(3)18(10)16)11(2)20(28)26-13(4)19-15(22)7-14(8-23)9-25-19/h11-16,18-19,24-25H,5-7,9H2,1-4H3,(H,26,28)(H,27,29)/t11-,12?,13+,14?,15?,16?,18?,19?/m0/s1. The summed E-state index contributed by atoms with van der Waals surface area (Å²) in [5, 5.41) is 21.4. The minimum atomic E-state index is -1.20. The lowest BCUT2D eigenvalue weighted by Gasteiger charge is -2.43. The molecule has 8 heteroatoms. The highest BCUT2D eigenvalue weighted by Crippen LogP contribution is 2.33. The van der Waals surface area contributed by atoms with Crippen LogP contribution in [-0.4, -0.2) is 55.2 Å². The molecule has 0 aromatic carbocycles. The van der Waals surface area contributed by atoms with Crippen LogP contribution in [-0.2, 0) is 9.59 Å². The van der Waals surface area contributed by atoms with Gasteiger partial charge in [-0.05, 0) is 47.1 Å². The fourth-order valence-corrected chi connectivity index (χ4v) is 5.17. The van der Waals surface area contributed by atoms with Gasteiger partial charge in [0.2, 0.25) is 11.8 Å². The monoisotopic (exact) mass is 405 g/mol. The molecule has 7 nitrogen and oxygen atoms in total. The maximum atomic E-state index is 14.4. The molecule has 0 bridgehead atoms. The third-order valence-corrected chi connectivity index (χ3v) is 6.80. The Labute approximate surface area is 171 Å². The number of fused-ring (bicyclic) bond motifs is 1. The number of carbonyl (C=O) groups is 2. The lowest BCUT2D eigenvalue weighted by molar-refractivity contribution is -0.127. The summed E-state index contributed by atoms with van der Waals surface area (Å²) in [7, 11) is 0. The fraction of sp³-hybridized carbons (Fsp3) is 0.762. The molecule has 2 amide bonds. The van der Waals surface area contributed by atoms with Crippen molar-refractivity contribution in [1.29, 1.82) is 5.26 Å². The normalized spacial score (nSPS) is 37.0.